The number of para-hydroxylation sites is 1. The van der Waals surface area contributed by atoms with E-state index in [0.29, 0.717) is 10.9 Å². The molecule has 1 aliphatic heterocycles. The summed E-state index contributed by atoms with van der Waals surface area (Å²) in [6.45, 7) is 3.34. The van der Waals surface area contributed by atoms with Crippen LogP contribution in [-0.4, -0.2) is 41.4 Å². The van der Waals surface area contributed by atoms with Crippen molar-refractivity contribution in [2.24, 2.45) is 5.92 Å². The molecule has 0 amide bonds. The number of rotatable bonds is 4. The van der Waals surface area contributed by atoms with Crippen LogP contribution in [0.25, 0.3) is 5.69 Å². The number of hydrogen-bond donors (Lipinski definition) is 1. The van der Waals surface area contributed by atoms with Crippen LogP contribution in [0.5, 0.6) is 0 Å². The van der Waals surface area contributed by atoms with Gasteiger partial charge in [-0.15, -0.1) is 0 Å². The zero-order chi connectivity index (χ0) is 14.7. The van der Waals surface area contributed by atoms with E-state index in [9.17, 15) is 0 Å². The first-order valence-corrected chi connectivity index (χ1v) is 7.83. The number of hydrogen-bond acceptors (Lipinski definition) is 3. The van der Waals surface area contributed by atoms with Crippen molar-refractivity contribution < 1.29 is 0 Å². The van der Waals surface area contributed by atoms with E-state index in [0.717, 1.165) is 24.5 Å². The van der Waals surface area contributed by atoms with Crippen LogP contribution in [0.1, 0.15) is 12.8 Å². The maximum Gasteiger partial charge on any atom is 0.106 e. The fourth-order valence-electron chi connectivity index (χ4n) is 2.99. The second-order valence-corrected chi connectivity index (χ2v) is 6.15. The first kappa shape index (κ1) is 14.4. The van der Waals surface area contributed by atoms with Gasteiger partial charge < -0.3 is 10.2 Å². The number of anilines is 1. The standard InChI is InChI=1S/C16H21ClN4/c1-20-9-3-5-13(12-20)11-18-15-7-2-6-14(17)16(15)21-10-4-8-19-21/h2,4,6-8,10,13,18H,3,5,9,11-12H2,1H3. The average Bonchev–Trinajstić information content (AvgIpc) is 2.99. The Balaban J connectivity index is 1.75. The molecule has 0 aliphatic carbocycles. The number of nitrogens with zero attached hydrogens (tertiary/aromatic N) is 3. The largest absolute Gasteiger partial charge is 0.383 e. The summed E-state index contributed by atoms with van der Waals surface area (Å²) < 4.78 is 1.82. The number of nitrogens with one attached hydrogen (secondary N) is 1. The van der Waals surface area contributed by atoms with Crippen LogP contribution in [0.15, 0.2) is 36.7 Å². The summed E-state index contributed by atoms with van der Waals surface area (Å²) in [4.78, 5) is 2.40. The first-order chi connectivity index (χ1) is 10.2. The summed E-state index contributed by atoms with van der Waals surface area (Å²) in [5.74, 6) is 0.688. The molecule has 0 bridgehead atoms. The zero-order valence-electron chi connectivity index (χ0n) is 12.3. The Morgan fingerprint density at radius 2 is 2.29 bits per heavy atom. The van der Waals surface area contributed by atoms with Gasteiger partial charge in [-0.2, -0.15) is 5.10 Å². The summed E-state index contributed by atoms with van der Waals surface area (Å²) in [5, 5.41) is 8.57. The van der Waals surface area contributed by atoms with Crippen molar-refractivity contribution in [1.82, 2.24) is 14.7 Å². The molecule has 0 saturated carbocycles. The lowest BCUT2D eigenvalue weighted by Crippen LogP contribution is -2.35. The van der Waals surface area contributed by atoms with E-state index in [1.165, 1.54) is 19.4 Å². The van der Waals surface area contributed by atoms with Crippen molar-refractivity contribution in [1.29, 1.82) is 0 Å². The molecular weight excluding hydrogens is 284 g/mol. The van der Waals surface area contributed by atoms with Crippen molar-refractivity contribution in [3.63, 3.8) is 0 Å². The van der Waals surface area contributed by atoms with Gasteiger partial charge >= 0.3 is 0 Å². The van der Waals surface area contributed by atoms with Crippen LogP contribution >= 0.6 is 11.6 Å². The van der Waals surface area contributed by atoms with Gasteiger partial charge in [-0.3, -0.25) is 0 Å². The third-order valence-corrected chi connectivity index (χ3v) is 4.33. The minimum absolute atomic E-state index is 0.688. The quantitative estimate of drug-likeness (QED) is 0.941. The lowest BCUT2D eigenvalue weighted by Gasteiger charge is -2.30. The molecular formula is C16H21ClN4. The number of halogens is 1. The van der Waals surface area contributed by atoms with E-state index in [2.05, 4.69) is 28.4 Å². The molecule has 1 aromatic carbocycles. The number of piperidine rings is 1. The highest BCUT2D eigenvalue weighted by molar-refractivity contribution is 6.33. The maximum atomic E-state index is 6.36. The third kappa shape index (κ3) is 3.39. The molecule has 2 heterocycles. The Morgan fingerprint density at radius 1 is 1.38 bits per heavy atom. The molecule has 112 valence electrons. The fourth-order valence-corrected chi connectivity index (χ4v) is 3.25. The smallest absolute Gasteiger partial charge is 0.106 e. The number of likely N-dealkylation sites (tertiary alicyclic amines) is 1. The summed E-state index contributed by atoms with van der Waals surface area (Å²) in [6.07, 6.45) is 6.25. The normalized spacial score (nSPS) is 19.6. The molecule has 1 unspecified atom stereocenters. The first-order valence-electron chi connectivity index (χ1n) is 7.45. The molecule has 5 heteroatoms. The molecule has 1 fully saturated rings. The van der Waals surface area contributed by atoms with Gasteiger partial charge in [0.25, 0.3) is 0 Å². The molecule has 0 radical (unpaired) electrons. The van der Waals surface area contributed by atoms with E-state index in [1.54, 1.807) is 6.20 Å². The van der Waals surface area contributed by atoms with Gasteiger partial charge in [-0.05, 0) is 50.6 Å². The molecule has 1 saturated heterocycles. The van der Waals surface area contributed by atoms with Gasteiger partial charge in [0, 0.05) is 25.5 Å². The van der Waals surface area contributed by atoms with Crippen LogP contribution < -0.4 is 5.32 Å². The van der Waals surface area contributed by atoms with Crippen molar-refractivity contribution >= 4 is 17.3 Å². The van der Waals surface area contributed by atoms with E-state index >= 15 is 0 Å². The van der Waals surface area contributed by atoms with Gasteiger partial charge in [-0.1, -0.05) is 17.7 Å². The molecule has 1 aromatic heterocycles. The van der Waals surface area contributed by atoms with Crippen LogP contribution in [0, 0.1) is 5.92 Å². The number of aromatic nitrogens is 2. The Hall–Kier alpha value is -1.52. The van der Waals surface area contributed by atoms with Gasteiger partial charge in [0.2, 0.25) is 0 Å². The highest BCUT2D eigenvalue weighted by Gasteiger charge is 2.18. The SMILES string of the molecule is CN1CCCC(CNc2cccc(Cl)c2-n2cccn2)C1. The highest BCUT2D eigenvalue weighted by atomic mass is 35.5. The Morgan fingerprint density at radius 3 is 3.05 bits per heavy atom. The predicted molar refractivity (Wildman–Crippen MR) is 87.3 cm³/mol. The van der Waals surface area contributed by atoms with Gasteiger partial charge in [0.1, 0.15) is 5.69 Å². The Kier molecular flexibility index (Phi) is 4.46. The molecule has 4 nitrogen and oxygen atoms in total. The van der Waals surface area contributed by atoms with E-state index in [1.807, 2.05) is 29.1 Å². The predicted octanol–water partition coefficient (Wildman–Crippen LogP) is 3.28. The van der Waals surface area contributed by atoms with Crippen LogP contribution in [-0.2, 0) is 0 Å². The molecule has 1 atom stereocenters. The second-order valence-electron chi connectivity index (χ2n) is 5.74. The Bertz CT molecular complexity index is 582. The van der Waals surface area contributed by atoms with E-state index < -0.39 is 0 Å². The second kappa shape index (κ2) is 6.50. The van der Waals surface area contributed by atoms with Crippen molar-refractivity contribution in [2.45, 2.75) is 12.8 Å². The lowest BCUT2D eigenvalue weighted by molar-refractivity contribution is 0.217. The minimum Gasteiger partial charge on any atom is -0.383 e. The minimum atomic E-state index is 0.688. The molecule has 1 N–H and O–H groups in total. The van der Waals surface area contributed by atoms with Gasteiger partial charge in [0.15, 0.2) is 0 Å². The molecule has 0 spiro atoms. The van der Waals surface area contributed by atoms with Crippen LogP contribution in [0.4, 0.5) is 5.69 Å². The van der Waals surface area contributed by atoms with Crippen molar-refractivity contribution in [3.8, 4) is 5.69 Å². The summed E-state index contributed by atoms with van der Waals surface area (Å²) in [5.41, 5.74) is 1.97. The van der Waals surface area contributed by atoms with E-state index in [4.69, 9.17) is 11.6 Å². The summed E-state index contributed by atoms with van der Waals surface area (Å²) in [6, 6.07) is 7.85. The van der Waals surface area contributed by atoms with Crippen LogP contribution in [0.2, 0.25) is 5.02 Å². The molecule has 3 rings (SSSR count). The van der Waals surface area contributed by atoms with Crippen molar-refractivity contribution in [3.05, 3.63) is 41.7 Å². The fraction of sp³-hybridized carbons (Fsp3) is 0.438. The van der Waals surface area contributed by atoms with Gasteiger partial charge in [-0.25, -0.2) is 4.68 Å². The lowest BCUT2D eigenvalue weighted by atomic mass is 9.98. The summed E-state index contributed by atoms with van der Waals surface area (Å²) >= 11 is 6.36. The zero-order valence-corrected chi connectivity index (χ0v) is 13.1. The van der Waals surface area contributed by atoms with Crippen molar-refractivity contribution in [2.75, 3.05) is 32.0 Å². The summed E-state index contributed by atoms with van der Waals surface area (Å²) in [7, 11) is 2.20. The average molecular weight is 305 g/mol. The molecule has 1 aliphatic rings. The molecule has 2 aromatic rings. The van der Waals surface area contributed by atoms with Crippen LogP contribution in [0.3, 0.4) is 0 Å². The van der Waals surface area contributed by atoms with Gasteiger partial charge in [0.05, 0.1) is 10.7 Å². The third-order valence-electron chi connectivity index (χ3n) is 4.02. The monoisotopic (exact) mass is 304 g/mol. The number of benzene rings is 1. The van der Waals surface area contributed by atoms with E-state index in [-0.39, 0.29) is 0 Å². The molecule has 21 heavy (non-hydrogen) atoms. The maximum absolute atomic E-state index is 6.36. The highest BCUT2D eigenvalue weighted by Crippen LogP contribution is 2.28. The Labute approximate surface area is 130 Å². The topological polar surface area (TPSA) is 33.1 Å².